The van der Waals surface area contributed by atoms with Gasteiger partial charge in [-0.05, 0) is 20.8 Å². The quantitative estimate of drug-likeness (QED) is 0.695. The molecule has 1 aliphatic rings. The Bertz CT molecular complexity index is 171. The summed E-state index contributed by atoms with van der Waals surface area (Å²) < 4.78 is 14.9. The van der Waals surface area contributed by atoms with Crippen LogP contribution < -0.4 is 0 Å². The second kappa shape index (κ2) is 17.4. The minimum atomic E-state index is 0.353. The van der Waals surface area contributed by atoms with Crippen molar-refractivity contribution in [3.63, 3.8) is 0 Å². The van der Waals surface area contributed by atoms with Crippen LogP contribution >= 0.6 is 0 Å². The van der Waals surface area contributed by atoms with Gasteiger partial charge in [0.05, 0.1) is 32.5 Å². The molecule has 0 atom stereocenters. The van der Waals surface area contributed by atoms with E-state index in [9.17, 15) is 4.79 Å². The molecule has 116 valence electrons. The van der Waals surface area contributed by atoms with Crippen LogP contribution in [0.2, 0.25) is 0 Å². The number of hydrogen-bond donors (Lipinski definition) is 0. The minimum absolute atomic E-state index is 0.353. The van der Waals surface area contributed by atoms with Gasteiger partial charge >= 0.3 is 0 Å². The Labute approximate surface area is 118 Å². The summed E-state index contributed by atoms with van der Waals surface area (Å²) in [5.74, 6) is 0. The van der Waals surface area contributed by atoms with Crippen molar-refractivity contribution in [3.05, 3.63) is 0 Å². The van der Waals surface area contributed by atoms with Crippen LogP contribution in [0.15, 0.2) is 0 Å². The molecule has 0 amide bonds. The molecule has 0 saturated carbocycles. The Morgan fingerprint density at radius 3 is 2.21 bits per heavy atom. The number of hydrogen-bond acceptors (Lipinski definition) is 5. The standard InChI is InChI=1S/C9H19NO2.C3H6O2.C2H6/c1-9(2)12-8-5-10-3-6-11-7-4-10;1-2-5-3-4;1-2/h9H,3-8H2,1-2H3;3H,2H2,1H3;1-2H3. The third-order valence-electron chi connectivity index (χ3n) is 2.20. The number of rotatable bonds is 6. The Morgan fingerprint density at radius 1 is 1.26 bits per heavy atom. The van der Waals surface area contributed by atoms with Crippen molar-refractivity contribution in [2.75, 3.05) is 46.1 Å². The maximum Gasteiger partial charge on any atom is 0.293 e. The van der Waals surface area contributed by atoms with Gasteiger partial charge in [0.2, 0.25) is 0 Å². The molecule has 0 aromatic carbocycles. The molecule has 0 aromatic rings. The molecule has 0 aliphatic carbocycles. The van der Waals surface area contributed by atoms with Gasteiger partial charge in [0.1, 0.15) is 0 Å². The maximum atomic E-state index is 9.18. The van der Waals surface area contributed by atoms with Gasteiger partial charge in [-0.3, -0.25) is 9.69 Å². The molecule has 0 unspecified atom stereocenters. The Hall–Kier alpha value is -0.650. The Morgan fingerprint density at radius 2 is 1.84 bits per heavy atom. The molecule has 1 heterocycles. The fourth-order valence-corrected chi connectivity index (χ4v) is 1.31. The third kappa shape index (κ3) is 17.4. The lowest BCUT2D eigenvalue weighted by atomic mass is 10.4. The van der Waals surface area contributed by atoms with Crippen LogP contribution in [-0.4, -0.2) is 63.5 Å². The topological polar surface area (TPSA) is 48.0 Å². The first kappa shape index (κ1) is 20.7. The zero-order valence-corrected chi connectivity index (χ0v) is 13.2. The summed E-state index contributed by atoms with van der Waals surface area (Å²) in [6.07, 6.45) is 0.353. The van der Waals surface area contributed by atoms with Crippen LogP contribution in [0.1, 0.15) is 34.6 Å². The van der Waals surface area contributed by atoms with Crippen LogP contribution in [-0.2, 0) is 19.0 Å². The first-order chi connectivity index (χ1) is 9.20. The van der Waals surface area contributed by atoms with Gasteiger partial charge in [-0.15, -0.1) is 0 Å². The fourth-order valence-electron chi connectivity index (χ4n) is 1.31. The third-order valence-corrected chi connectivity index (χ3v) is 2.20. The van der Waals surface area contributed by atoms with Crippen molar-refractivity contribution >= 4 is 6.47 Å². The molecule has 19 heavy (non-hydrogen) atoms. The van der Waals surface area contributed by atoms with Crippen LogP contribution in [0.4, 0.5) is 0 Å². The average molecular weight is 277 g/mol. The number of carbonyl (C=O) groups excluding carboxylic acids is 1. The SMILES string of the molecule is CC.CC(C)OCCN1CCOCC1.CCOC=O. The molecule has 0 bridgehead atoms. The average Bonchev–Trinajstić information content (AvgIpc) is 2.43. The largest absolute Gasteiger partial charge is 0.468 e. The molecular weight excluding hydrogens is 246 g/mol. The van der Waals surface area contributed by atoms with Crippen LogP contribution in [0, 0.1) is 0 Å². The van der Waals surface area contributed by atoms with Crippen molar-refractivity contribution in [3.8, 4) is 0 Å². The van der Waals surface area contributed by atoms with E-state index in [0.717, 1.165) is 39.5 Å². The zero-order chi connectivity index (χ0) is 14.9. The van der Waals surface area contributed by atoms with Crippen molar-refractivity contribution in [1.82, 2.24) is 4.90 Å². The normalized spacial score (nSPS) is 14.8. The van der Waals surface area contributed by atoms with E-state index in [-0.39, 0.29) is 0 Å². The highest BCUT2D eigenvalue weighted by Gasteiger charge is 2.09. The molecule has 0 aromatic heterocycles. The van der Waals surface area contributed by atoms with E-state index in [1.54, 1.807) is 6.92 Å². The van der Waals surface area contributed by atoms with E-state index in [1.165, 1.54) is 0 Å². The highest BCUT2D eigenvalue weighted by atomic mass is 16.5. The van der Waals surface area contributed by atoms with Gasteiger partial charge in [0.25, 0.3) is 6.47 Å². The van der Waals surface area contributed by atoms with E-state index in [0.29, 0.717) is 19.2 Å². The summed E-state index contributed by atoms with van der Waals surface area (Å²) in [6, 6.07) is 0. The van der Waals surface area contributed by atoms with Crippen LogP contribution in [0.5, 0.6) is 0 Å². The molecule has 0 radical (unpaired) electrons. The van der Waals surface area contributed by atoms with Crippen LogP contribution in [0.25, 0.3) is 0 Å². The predicted molar refractivity (Wildman–Crippen MR) is 77.4 cm³/mol. The molecule has 1 aliphatic heterocycles. The van der Waals surface area contributed by atoms with Crippen molar-refractivity contribution < 1.29 is 19.0 Å². The molecule has 5 nitrogen and oxygen atoms in total. The van der Waals surface area contributed by atoms with Crippen LogP contribution in [0.3, 0.4) is 0 Å². The van der Waals surface area contributed by atoms with Crippen molar-refractivity contribution in [2.45, 2.75) is 40.7 Å². The summed E-state index contributed by atoms with van der Waals surface area (Å²) in [4.78, 5) is 11.6. The molecule has 0 N–H and O–H groups in total. The van der Waals surface area contributed by atoms with Gasteiger partial charge in [0.15, 0.2) is 0 Å². The molecule has 1 rings (SSSR count). The summed E-state index contributed by atoms with van der Waals surface area (Å²) in [5.41, 5.74) is 0. The lowest BCUT2D eigenvalue weighted by Gasteiger charge is -2.26. The molecule has 0 spiro atoms. The van der Waals surface area contributed by atoms with E-state index >= 15 is 0 Å². The minimum Gasteiger partial charge on any atom is -0.468 e. The van der Waals surface area contributed by atoms with Gasteiger partial charge in [-0.25, -0.2) is 0 Å². The number of carbonyl (C=O) groups is 1. The van der Waals surface area contributed by atoms with E-state index in [2.05, 4.69) is 23.5 Å². The number of nitrogens with zero attached hydrogens (tertiary/aromatic N) is 1. The maximum absolute atomic E-state index is 9.18. The summed E-state index contributed by atoms with van der Waals surface area (Å²) >= 11 is 0. The summed E-state index contributed by atoms with van der Waals surface area (Å²) in [7, 11) is 0. The highest BCUT2D eigenvalue weighted by molar-refractivity contribution is 5.36. The first-order valence-electron chi connectivity index (χ1n) is 7.17. The molecular formula is C14H31NO4. The van der Waals surface area contributed by atoms with Crippen molar-refractivity contribution in [2.24, 2.45) is 0 Å². The van der Waals surface area contributed by atoms with Gasteiger partial charge < -0.3 is 14.2 Å². The van der Waals surface area contributed by atoms with Gasteiger partial charge in [-0.2, -0.15) is 0 Å². The molecule has 1 saturated heterocycles. The second-order valence-electron chi connectivity index (χ2n) is 3.93. The van der Waals surface area contributed by atoms with Crippen molar-refractivity contribution in [1.29, 1.82) is 0 Å². The Kier molecular flexibility index (Phi) is 18.9. The summed E-state index contributed by atoms with van der Waals surface area (Å²) in [6.45, 7) is 16.6. The highest BCUT2D eigenvalue weighted by Crippen LogP contribution is 1.96. The first-order valence-corrected chi connectivity index (χ1v) is 7.17. The number of morpholine rings is 1. The van der Waals surface area contributed by atoms with E-state index < -0.39 is 0 Å². The zero-order valence-electron chi connectivity index (χ0n) is 13.2. The molecule has 1 fully saturated rings. The number of ether oxygens (including phenoxy) is 3. The monoisotopic (exact) mass is 277 g/mol. The predicted octanol–water partition coefficient (Wildman–Crippen LogP) is 1.95. The van der Waals surface area contributed by atoms with E-state index in [1.807, 2.05) is 13.8 Å². The molecule has 5 heteroatoms. The lowest BCUT2D eigenvalue weighted by Crippen LogP contribution is -2.38. The van der Waals surface area contributed by atoms with Gasteiger partial charge in [0, 0.05) is 19.6 Å². The van der Waals surface area contributed by atoms with E-state index in [4.69, 9.17) is 9.47 Å². The van der Waals surface area contributed by atoms with Gasteiger partial charge in [-0.1, -0.05) is 13.8 Å². The summed E-state index contributed by atoms with van der Waals surface area (Å²) in [5, 5.41) is 0. The second-order valence-corrected chi connectivity index (χ2v) is 3.93. The smallest absolute Gasteiger partial charge is 0.293 e. The lowest BCUT2D eigenvalue weighted by molar-refractivity contribution is -0.128. The fraction of sp³-hybridized carbons (Fsp3) is 0.929. The Balaban J connectivity index is 0.